The van der Waals surface area contributed by atoms with Crippen molar-refractivity contribution in [3.8, 4) is 17.3 Å². The molecule has 2 aromatic heterocycles. The molecule has 0 unspecified atom stereocenters. The summed E-state index contributed by atoms with van der Waals surface area (Å²) in [6.45, 7) is 1.45. The lowest BCUT2D eigenvalue weighted by Gasteiger charge is -2.10. The van der Waals surface area contributed by atoms with E-state index in [9.17, 15) is 0 Å². The maximum absolute atomic E-state index is 6.00. The zero-order valence-corrected chi connectivity index (χ0v) is 15.4. The van der Waals surface area contributed by atoms with E-state index in [-0.39, 0.29) is 0 Å². The van der Waals surface area contributed by atoms with Crippen LogP contribution in [0.25, 0.3) is 33.4 Å². The zero-order chi connectivity index (χ0) is 18.8. The van der Waals surface area contributed by atoms with Crippen molar-refractivity contribution >= 4 is 21.8 Å². The van der Waals surface area contributed by atoms with Crippen LogP contribution in [0.4, 0.5) is 0 Å². The van der Waals surface area contributed by atoms with Crippen LogP contribution in [0.3, 0.4) is 0 Å². The third-order valence-corrected chi connectivity index (χ3v) is 4.91. The molecular weight excluding hydrogens is 348 g/mol. The summed E-state index contributed by atoms with van der Waals surface area (Å²) in [6, 6.07) is 26.6. The van der Waals surface area contributed by atoms with Crippen molar-refractivity contribution in [2.24, 2.45) is 0 Å². The molecule has 2 heterocycles. The highest BCUT2D eigenvalue weighted by molar-refractivity contribution is 5.83. The van der Waals surface area contributed by atoms with Gasteiger partial charge in [0.25, 0.3) is 0 Å². The highest BCUT2D eigenvalue weighted by Gasteiger charge is 2.14. The van der Waals surface area contributed by atoms with Crippen molar-refractivity contribution in [2.45, 2.75) is 13.0 Å². The molecule has 0 fully saturated rings. The lowest BCUT2D eigenvalue weighted by molar-refractivity contribution is 0.303. The predicted octanol–water partition coefficient (Wildman–Crippen LogP) is 5.92. The Bertz CT molecular complexity index is 1220. The Kier molecular flexibility index (Phi) is 4.30. The molecular formula is C24H20N2O2. The molecule has 5 rings (SSSR count). The fourth-order valence-electron chi connectivity index (χ4n) is 3.57. The molecule has 0 aliphatic rings. The van der Waals surface area contributed by atoms with Crippen LogP contribution in [-0.4, -0.2) is 16.2 Å². The van der Waals surface area contributed by atoms with Gasteiger partial charge in [-0.05, 0) is 53.6 Å². The van der Waals surface area contributed by atoms with Crippen molar-refractivity contribution in [3.05, 3.63) is 85.1 Å². The number of hydrogen-bond acceptors (Lipinski definition) is 3. The maximum Gasteiger partial charge on any atom is 0.177 e. The maximum atomic E-state index is 6.00. The minimum atomic E-state index is 0.641. The summed E-state index contributed by atoms with van der Waals surface area (Å²) in [5, 5.41) is 2.42. The van der Waals surface area contributed by atoms with Gasteiger partial charge in [-0.2, -0.15) is 0 Å². The van der Waals surface area contributed by atoms with E-state index in [0.29, 0.717) is 6.61 Å². The molecule has 4 nitrogen and oxygen atoms in total. The van der Waals surface area contributed by atoms with E-state index in [1.807, 2.05) is 42.5 Å². The Morgan fingerprint density at radius 3 is 2.61 bits per heavy atom. The molecule has 0 N–H and O–H groups in total. The highest BCUT2D eigenvalue weighted by atomic mass is 16.5. The Morgan fingerprint density at radius 1 is 0.857 bits per heavy atom. The highest BCUT2D eigenvalue weighted by Crippen LogP contribution is 2.26. The molecule has 3 aromatic carbocycles. The standard InChI is InChI=1S/C24H20N2O2/c1-2-8-19-17-20(13-12-18(19)7-1)27-16-6-14-26-22-10-4-3-9-21(22)25-24(26)23-11-5-15-28-23/h1-5,7-13,15,17H,6,14,16H2. The third-order valence-electron chi connectivity index (χ3n) is 4.91. The average Bonchev–Trinajstić information content (AvgIpc) is 3.39. The van der Waals surface area contributed by atoms with Crippen LogP contribution < -0.4 is 4.74 Å². The number of nitrogens with zero attached hydrogens (tertiary/aromatic N) is 2. The van der Waals surface area contributed by atoms with Gasteiger partial charge in [-0.3, -0.25) is 0 Å². The fourth-order valence-corrected chi connectivity index (χ4v) is 3.57. The Morgan fingerprint density at radius 2 is 1.71 bits per heavy atom. The minimum absolute atomic E-state index is 0.641. The van der Waals surface area contributed by atoms with E-state index in [1.165, 1.54) is 10.8 Å². The molecule has 0 aliphatic carbocycles. The van der Waals surface area contributed by atoms with E-state index < -0.39 is 0 Å². The fraction of sp³-hybridized carbons (Fsp3) is 0.125. The van der Waals surface area contributed by atoms with Crippen LogP contribution in [0, 0.1) is 0 Å². The van der Waals surface area contributed by atoms with Gasteiger partial charge in [0.1, 0.15) is 5.75 Å². The van der Waals surface area contributed by atoms with Crippen molar-refractivity contribution in [3.63, 3.8) is 0 Å². The summed E-state index contributed by atoms with van der Waals surface area (Å²) in [4.78, 5) is 4.75. The summed E-state index contributed by atoms with van der Waals surface area (Å²) in [5.74, 6) is 2.55. The van der Waals surface area contributed by atoms with Crippen molar-refractivity contribution < 1.29 is 9.15 Å². The number of imidazole rings is 1. The monoisotopic (exact) mass is 368 g/mol. The lowest BCUT2D eigenvalue weighted by atomic mass is 10.1. The van der Waals surface area contributed by atoms with E-state index in [4.69, 9.17) is 14.1 Å². The second-order valence-corrected chi connectivity index (χ2v) is 6.76. The van der Waals surface area contributed by atoms with Gasteiger partial charge in [0.2, 0.25) is 0 Å². The van der Waals surface area contributed by atoms with Crippen LogP contribution in [0.2, 0.25) is 0 Å². The largest absolute Gasteiger partial charge is 0.494 e. The molecule has 4 heteroatoms. The van der Waals surface area contributed by atoms with E-state index in [1.54, 1.807) is 6.26 Å². The molecule has 0 saturated heterocycles. The molecule has 5 aromatic rings. The van der Waals surface area contributed by atoms with Crippen LogP contribution in [0.15, 0.2) is 89.5 Å². The molecule has 0 spiro atoms. The van der Waals surface area contributed by atoms with Crippen LogP contribution in [0.1, 0.15) is 6.42 Å². The number of aryl methyl sites for hydroxylation is 1. The molecule has 138 valence electrons. The van der Waals surface area contributed by atoms with E-state index in [2.05, 4.69) is 41.0 Å². The first-order valence-electron chi connectivity index (χ1n) is 9.49. The van der Waals surface area contributed by atoms with Gasteiger partial charge in [-0.15, -0.1) is 0 Å². The summed E-state index contributed by atoms with van der Waals surface area (Å²) < 4.78 is 13.8. The predicted molar refractivity (Wildman–Crippen MR) is 111 cm³/mol. The summed E-state index contributed by atoms with van der Waals surface area (Å²) in [7, 11) is 0. The SMILES string of the molecule is c1coc(-c2nc3ccccc3n2CCCOc2ccc3ccccc3c2)c1. The molecule has 0 atom stereocenters. The second-order valence-electron chi connectivity index (χ2n) is 6.76. The van der Waals surface area contributed by atoms with Gasteiger partial charge in [0, 0.05) is 6.54 Å². The second kappa shape index (κ2) is 7.24. The number of furan rings is 1. The minimum Gasteiger partial charge on any atom is -0.494 e. The number of ether oxygens (including phenoxy) is 1. The first-order chi connectivity index (χ1) is 13.9. The third kappa shape index (κ3) is 3.14. The molecule has 0 bridgehead atoms. The number of aromatic nitrogens is 2. The summed E-state index contributed by atoms with van der Waals surface area (Å²) in [6.07, 6.45) is 2.56. The zero-order valence-electron chi connectivity index (χ0n) is 15.4. The van der Waals surface area contributed by atoms with Crippen LogP contribution in [0.5, 0.6) is 5.75 Å². The van der Waals surface area contributed by atoms with Crippen LogP contribution >= 0.6 is 0 Å². The molecule has 0 saturated carbocycles. The first-order valence-corrected chi connectivity index (χ1v) is 9.49. The normalized spacial score (nSPS) is 11.3. The Hall–Kier alpha value is -3.53. The molecule has 0 amide bonds. The van der Waals surface area contributed by atoms with Gasteiger partial charge in [-0.1, -0.05) is 42.5 Å². The average molecular weight is 368 g/mol. The van der Waals surface area contributed by atoms with E-state index >= 15 is 0 Å². The Balaban J connectivity index is 1.32. The summed E-state index contributed by atoms with van der Waals surface area (Å²) >= 11 is 0. The number of hydrogen-bond donors (Lipinski definition) is 0. The quantitative estimate of drug-likeness (QED) is 0.349. The number of fused-ring (bicyclic) bond motifs is 2. The van der Waals surface area contributed by atoms with Gasteiger partial charge in [0.05, 0.1) is 23.9 Å². The molecule has 0 radical (unpaired) electrons. The smallest absolute Gasteiger partial charge is 0.177 e. The van der Waals surface area contributed by atoms with Gasteiger partial charge < -0.3 is 13.7 Å². The molecule has 0 aliphatic heterocycles. The van der Waals surface area contributed by atoms with Gasteiger partial charge >= 0.3 is 0 Å². The first kappa shape index (κ1) is 16.6. The number of benzene rings is 3. The number of rotatable bonds is 6. The van der Waals surface area contributed by atoms with Crippen molar-refractivity contribution in [1.29, 1.82) is 0 Å². The number of para-hydroxylation sites is 2. The Labute approximate surface area is 163 Å². The lowest BCUT2D eigenvalue weighted by Crippen LogP contribution is -2.06. The topological polar surface area (TPSA) is 40.2 Å². The van der Waals surface area contributed by atoms with Crippen molar-refractivity contribution in [2.75, 3.05) is 6.61 Å². The van der Waals surface area contributed by atoms with Crippen molar-refractivity contribution in [1.82, 2.24) is 9.55 Å². The summed E-state index contributed by atoms with van der Waals surface area (Å²) in [5.41, 5.74) is 2.09. The van der Waals surface area contributed by atoms with E-state index in [0.717, 1.165) is 41.3 Å². The van der Waals surface area contributed by atoms with Gasteiger partial charge in [-0.25, -0.2) is 4.98 Å². The molecule has 28 heavy (non-hydrogen) atoms. The van der Waals surface area contributed by atoms with Gasteiger partial charge in [0.15, 0.2) is 11.6 Å². The van der Waals surface area contributed by atoms with Crippen LogP contribution in [-0.2, 0) is 6.54 Å².